The Balaban J connectivity index is 1.76. The SMILES string of the molecule is CC(NC(=O)c1ccoc1)C(=O)NCCc1nc(C(C)(C)C)cs1. The van der Waals surface area contributed by atoms with Crippen molar-refractivity contribution in [3.05, 3.63) is 40.2 Å². The van der Waals surface area contributed by atoms with Gasteiger partial charge in [0.2, 0.25) is 5.91 Å². The molecule has 0 saturated heterocycles. The van der Waals surface area contributed by atoms with Crippen LogP contribution in [0.4, 0.5) is 0 Å². The first-order chi connectivity index (χ1) is 11.3. The Morgan fingerprint density at radius 2 is 2.12 bits per heavy atom. The van der Waals surface area contributed by atoms with E-state index in [9.17, 15) is 9.59 Å². The highest BCUT2D eigenvalue weighted by Crippen LogP contribution is 2.23. The topological polar surface area (TPSA) is 84.2 Å². The van der Waals surface area contributed by atoms with Gasteiger partial charge in [-0.3, -0.25) is 9.59 Å². The molecule has 0 aromatic carbocycles. The Morgan fingerprint density at radius 3 is 2.71 bits per heavy atom. The van der Waals surface area contributed by atoms with Crippen LogP contribution in [-0.4, -0.2) is 29.4 Å². The second-order valence-corrected chi connectivity index (χ2v) is 7.57. The molecule has 0 fully saturated rings. The predicted octanol–water partition coefficient (Wildman–Crippen LogP) is 2.51. The highest BCUT2D eigenvalue weighted by Gasteiger charge is 2.18. The van der Waals surface area contributed by atoms with E-state index in [1.54, 1.807) is 24.3 Å². The zero-order valence-electron chi connectivity index (χ0n) is 14.4. The molecule has 0 spiro atoms. The van der Waals surface area contributed by atoms with Crippen LogP contribution in [0.2, 0.25) is 0 Å². The van der Waals surface area contributed by atoms with Crippen molar-refractivity contribution < 1.29 is 14.0 Å². The first-order valence-electron chi connectivity index (χ1n) is 7.83. The zero-order valence-corrected chi connectivity index (χ0v) is 15.2. The average molecular weight is 349 g/mol. The lowest BCUT2D eigenvalue weighted by molar-refractivity contribution is -0.122. The van der Waals surface area contributed by atoms with E-state index < -0.39 is 6.04 Å². The number of hydrogen-bond acceptors (Lipinski definition) is 5. The summed E-state index contributed by atoms with van der Waals surface area (Å²) < 4.78 is 4.85. The fourth-order valence-electron chi connectivity index (χ4n) is 1.96. The van der Waals surface area contributed by atoms with Crippen LogP contribution in [0.1, 0.15) is 48.8 Å². The Labute approximate surface area is 145 Å². The van der Waals surface area contributed by atoms with Crippen LogP contribution in [-0.2, 0) is 16.6 Å². The number of carbonyl (C=O) groups is 2. The van der Waals surface area contributed by atoms with Gasteiger partial charge in [-0.1, -0.05) is 20.8 Å². The Hall–Kier alpha value is -2.15. The zero-order chi connectivity index (χ0) is 17.7. The standard InChI is InChI=1S/C17H23N3O3S/c1-11(19-16(22)12-6-8-23-9-12)15(21)18-7-5-14-20-13(10-24-14)17(2,3)4/h6,8-11H,5,7H2,1-4H3,(H,18,21)(H,19,22). The van der Waals surface area contributed by atoms with E-state index in [1.165, 1.54) is 12.5 Å². The van der Waals surface area contributed by atoms with Gasteiger partial charge in [0, 0.05) is 23.8 Å². The van der Waals surface area contributed by atoms with E-state index in [4.69, 9.17) is 4.42 Å². The van der Waals surface area contributed by atoms with Crippen molar-refractivity contribution in [2.75, 3.05) is 6.54 Å². The summed E-state index contributed by atoms with van der Waals surface area (Å²) in [4.78, 5) is 28.5. The number of rotatable bonds is 6. The third-order valence-corrected chi connectivity index (χ3v) is 4.39. The van der Waals surface area contributed by atoms with Crippen LogP contribution in [0, 0.1) is 0 Å². The van der Waals surface area contributed by atoms with Gasteiger partial charge in [0.15, 0.2) is 0 Å². The Kier molecular flexibility index (Phi) is 5.77. The highest BCUT2D eigenvalue weighted by atomic mass is 32.1. The first-order valence-corrected chi connectivity index (χ1v) is 8.71. The van der Waals surface area contributed by atoms with E-state index in [1.807, 2.05) is 0 Å². The van der Waals surface area contributed by atoms with E-state index in [-0.39, 0.29) is 17.2 Å². The maximum Gasteiger partial charge on any atom is 0.255 e. The molecule has 0 aliphatic heterocycles. The fourth-order valence-corrected chi connectivity index (χ4v) is 2.98. The molecular weight excluding hydrogens is 326 g/mol. The van der Waals surface area contributed by atoms with Gasteiger partial charge in [-0.2, -0.15) is 0 Å². The second-order valence-electron chi connectivity index (χ2n) is 6.62. The molecule has 0 aliphatic carbocycles. The third kappa shape index (κ3) is 4.92. The predicted molar refractivity (Wildman–Crippen MR) is 93.2 cm³/mol. The molecule has 24 heavy (non-hydrogen) atoms. The molecule has 2 N–H and O–H groups in total. The van der Waals surface area contributed by atoms with Crippen LogP contribution in [0.15, 0.2) is 28.4 Å². The normalized spacial score (nSPS) is 12.7. The quantitative estimate of drug-likeness (QED) is 0.839. The van der Waals surface area contributed by atoms with Crippen molar-refractivity contribution in [3.8, 4) is 0 Å². The van der Waals surface area contributed by atoms with Crippen molar-refractivity contribution in [3.63, 3.8) is 0 Å². The number of aromatic nitrogens is 1. The number of carbonyl (C=O) groups excluding carboxylic acids is 2. The van der Waals surface area contributed by atoms with Gasteiger partial charge < -0.3 is 15.1 Å². The molecule has 2 rings (SSSR count). The van der Waals surface area contributed by atoms with E-state index in [2.05, 4.69) is 41.8 Å². The molecule has 0 radical (unpaired) electrons. The van der Waals surface area contributed by atoms with Crippen LogP contribution >= 0.6 is 11.3 Å². The first kappa shape index (κ1) is 18.2. The number of thiazole rings is 1. The van der Waals surface area contributed by atoms with Gasteiger partial charge in [-0.25, -0.2) is 4.98 Å². The minimum Gasteiger partial charge on any atom is -0.472 e. The Morgan fingerprint density at radius 1 is 1.38 bits per heavy atom. The molecule has 7 heteroatoms. The number of amides is 2. The third-order valence-electron chi connectivity index (χ3n) is 3.48. The molecule has 1 unspecified atom stereocenters. The van der Waals surface area contributed by atoms with E-state index in [0.717, 1.165) is 10.7 Å². The van der Waals surface area contributed by atoms with Crippen LogP contribution in [0.25, 0.3) is 0 Å². The summed E-state index contributed by atoms with van der Waals surface area (Å²) in [5, 5.41) is 8.51. The summed E-state index contributed by atoms with van der Waals surface area (Å²) in [5.74, 6) is -0.555. The summed E-state index contributed by atoms with van der Waals surface area (Å²) in [7, 11) is 0. The molecular formula is C17H23N3O3S. The monoisotopic (exact) mass is 349 g/mol. The lowest BCUT2D eigenvalue weighted by atomic mass is 9.93. The highest BCUT2D eigenvalue weighted by molar-refractivity contribution is 7.09. The molecule has 2 aromatic rings. The largest absolute Gasteiger partial charge is 0.472 e. The molecule has 2 amide bonds. The van der Waals surface area contributed by atoms with Crippen molar-refractivity contribution in [2.24, 2.45) is 0 Å². The van der Waals surface area contributed by atoms with E-state index in [0.29, 0.717) is 18.5 Å². The summed E-state index contributed by atoms with van der Waals surface area (Å²) >= 11 is 1.60. The summed E-state index contributed by atoms with van der Waals surface area (Å²) in [6.07, 6.45) is 3.43. The van der Waals surface area contributed by atoms with Crippen LogP contribution in [0.3, 0.4) is 0 Å². The fraction of sp³-hybridized carbons (Fsp3) is 0.471. The smallest absolute Gasteiger partial charge is 0.255 e. The summed E-state index contributed by atoms with van der Waals surface area (Å²) in [6, 6.07) is 0.934. The molecule has 2 aromatic heterocycles. The summed E-state index contributed by atoms with van der Waals surface area (Å²) in [5.41, 5.74) is 1.49. The van der Waals surface area contributed by atoms with Gasteiger partial charge in [0.25, 0.3) is 5.91 Å². The number of furan rings is 1. The van der Waals surface area contributed by atoms with Gasteiger partial charge in [-0.15, -0.1) is 11.3 Å². The van der Waals surface area contributed by atoms with E-state index >= 15 is 0 Å². The molecule has 0 bridgehead atoms. The lowest BCUT2D eigenvalue weighted by Crippen LogP contribution is -2.45. The molecule has 0 saturated carbocycles. The second kappa shape index (κ2) is 7.61. The number of nitrogens with one attached hydrogen (secondary N) is 2. The van der Waals surface area contributed by atoms with Crippen molar-refractivity contribution in [1.82, 2.24) is 15.6 Å². The maximum atomic E-state index is 12.0. The maximum absolute atomic E-state index is 12.0. The molecule has 1 atom stereocenters. The molecule has 2 heterocycles. The lowest BCUT2D eigenvalue weighted by Gasteiger charge is -2.14. The van der Waals surface area contributed by atoms with Gasteiger partial charge in [0.1, 0.15) is 12.3 Å². The van der Waals surface area contributed by atoms with Gasteiger partial charge in [0.05, 0.1) is 22.5 Å². The molecule has 6 nitrogen and oxygen atoms in total. The van der Waals surface area contributed by atoms with Gasteiger partial charge in [-0.05, 0) is 13.0 Å². The van der Waals surface area contributed by atoms with Crippen molar-refractivity contribution in [1.29, 1.82) is 0 Å². The van der Waals surface area contributed by atoms with Gasteiger partial charge >= 0.3 is 0 Å². The molecule has 130 valence electrons. The minimum atomic E-state index is -0.617. The molecule has 0 aliphatic rings. The van der Waals surface area contributed by atoms with Crippen LogP contribution < -0.4 is 10.6 Å². The van der Waals surface area contributed by atoms with Crippen LogP contribution in [0.5, 0.6) is 0 Å². The average Bonchev–Trinajstić information content (AvgIpc) is 3.17. The number of nitrogens with zero attached hydrogens (tertiary/aromatic N) is 1. The number of hydrogen-bond donors (Lipinski definition) is 2. The van der Waals surface area contributed by atoms with Crippen molar-refractivity contribution >= 4 is 23.2 Å². The minimum absolute atomic E-state index is 0.0316. The Bertz CT molecular complexity index is 686. The summed E-state index contributed by atoms with van der Waals surface area (Å²) in [6.45, 7) is 8.50. The van der Waals surface area contributed by atoms with Crippen molar-refractivity contribution in [2.45, 2.75) is 45.6 Å².